The predicted molar refractivity (Wildman–Crippen MR) is 114 cm³/mol. The van der Waals surface area contributed by atoms with Gasteiger partial charge < -0.3 is 9.64 Å². The van der Waals surface area contributed by atoms with Gasteiger partial charge in [-0.05, 0) is 36.6 Å². The molecule has 0 aliphatic heterocycles. The third kappa shape index (κ3) is 4.43. The van der Waals surface area contributed by atoms with E-state index in [4.69, 9.17) is 9.72 Å². The highest BCUT2D eigenvalue weighted by molar-refractivity contribution is 7.98. The van der Waals surface area contributed by atoms with E-state index in [9.17, 15) is 4.79 Å². The molecule has 0 aliphatic rings. The molecule has 3 rings (SSSR count). The Kier molecular flexibility index (Phi) is 6.36. The van der Waals surface area contributed by atoms with E-state index >= 15 is 0 Å². The minimum absolute atomic E-state index is 0.0230. The maximum Gasteiger partial charge on any atom is 0.260 e. The van der Waals surface area contributed by atoms with Gasteiger partial charge in [-0.15, -0.1) is 11.8 Å². The topological polar surface area (TPSA) is 46.9 Å². The Bertz CT molecular complexity index is 940. The number of aromatic nitrogens is 1. The number of nitrogens with zero attached hydrogens (tertiary/aromatic N) is 2. The fourth-order valence-electron chi connectivity index (χ4n) is 2.72. The smallest absolute Gasteiger partial charge is 0.260 e. The van der Waals surface area contributed by atoms with Crippen LogP contribution in [0.15, 0.2) is 47.4 Å². The second kappa shape index (κ2) is 8.73. The van der Waals surface area contributed by atoms with Crippen molar-refractivity contribution < 1.29 is 14.4 Å². The molecule has 0 saturated carbocycles. The molecule has 27 heavy (non-hydrogen) atoms. The summed E-state index contributed by atoms with van der Waals surface area (Å²) in [6.07, 6.45) is 2.01. The van der Waals surface area contributed by atoms with E-state index < -0.39 is 0 Å². The largest absolute Gasteiger partial charge is 0.494 e. The van der Waals surface area contributed by atoms with E-state index in [0.717, 1.165) is 27.4 Å². The van der Waals surface area contributed by atoms with E-state index in [1.54, 1.807) is 23.8 Å². The average molecular weight is 403 g/mol. The number of carbonyl (C=O) groups excluding carboxylic acids is 1. The van der Waals surface area contributed by atoms with Gasteiger partial charge >= 0.3 is 0 Å². The van der Waals surface area contributed by atoms with Gasteiger partial charge in [0.15, 0.2) is 5.13 Å². The molecular formula is C20H24N3O2S2+. The van der Waals surface area contributed by atoms with Crippen LogP contribution in [0, 0.1) is 0 Å². The van der Waals surface area contributed by atoms with Crippen LogP contribution < -0.4 is 14.5 Å². The quantitative estimate of drug-likeness (QED) is 0.618. The summed E-state index contributed by atoms with van der Waals surface area (Å²) in [6, 6.07) is 13.6. The van der Waals surface area contributed by atoms with Gasteiger partial charge in [0.25, 0.3) is 5.91 Å². The third-order valence-electron chi connectivity index (χ3n) is 4.22. The van der Waals surface area contributed by atoms with Crippen molar-refractivity contribution in [2.75, 3.05) is 45.5 Å². The monoisotopic (exact) mass is 402 g/mol. The molecule has 1 aromatic heterocycles. The molecule has 0 unspecified atom stereocenters. The van der Waals surface area contributed by atoms with Crippen LogP contribution >= 0.6 is 23.1 Å². The van der Waals surface area contributed by atoms with Crippen LogP contribution in [0.5, 0.6) is 5.75 Å². The van der Waals surface area contributed by atoms with Crippen LogP contribution in [0.2, 0.25) is 0 Å². The summed E-state index contributed by atoms with van der Waals surface area (Å²) in [6.45, 7) is 1.44. The first-order chi connectivity index (χ1) is 13.0. The Morgan fingerprint density at radius 3 is 2.74 bits per heavy atom. The van der Waals surface area contributed by atoms with E-state index in [1.165, 1.54) is 16.2 Å². The Morgan fingerprint density at radius 2 is 2.04 bits per heavy atom. The number of fused-ring (bicyclic) bond motifs is 1. The van der Waals surface area contributed by atoms with E-state index in [1.807, 2.05) is 48.7 Å². The first-order valence-electron chi connectivity index (χ1n) is 8.72. The highest BCUT2D eigenvalue weighted by Gasteiger charge is 2.23. The molecule has 1 N–H and O–H groups in total. The fraction of sp³-hybridized carbons (Fsp3) is 0.300. The summed E-state index contributed by atoms with van der Waals surface area (Å²) in [5, 5.41) is 0.704. The van der Waals surface area contributed by atoms with Crippen molar-refractivity contribution in [3.63, 3.8) is 0 Å². The van der Waals surface area contributed by atoms with Crippen molar-refractivity contribution in [1.29, 1.82) is 0 Å². The Morgan fingerprint density at radius 1 is 1.26 bits per heavy atom. The molecule has 5 nitrogen and oxygen atoms in total. The first kappa shape index (κ1) is 19.7. The predicted octanol–water partition coefficient (Wildman–Crippen LogP) is 2.82. The van der Waals surface area contributed by atoms with Gasteiger partial charge in [0.2, 0.25) is 0 Å². The second-order valence-corrected chi connectivity index (χ2v) is 8.34. The molecule has 0 saturated heterocycles. The zero-order valence-corrected chi connectivity index (χ0v) is 17.6. The number of amides is 1. The number of rotatable bonds is 7. The molecule has 2 aromatic carbocycles. The number of hydrogen-bond acceptors (Lipinski definition) is 5. The summed E-state index contributed by atoms with van der Waals surface area (Å²) in [5.74, 6) is 0.704. The van der Waals surface area contributed by atoms with Crippen molar-refractivity contribution in [2.24, 2.45) is 0 Å². The van der Waals surface area contributed by atoms with Crippen LogP contribution in [0.4, 0.5) is 5.13 Å². The van der Waals surface area contributed by atoms with Crippen molar-refractivity contribution in [1.82, 2.24) is 4.98 Å². The number of methoxy groups -OCH3 is 1. The zero-order valence-electron chi connectivity index (χ0n) is 16.0. The number of thioether (sulfide) groups is 1. The maximum absolute atomic E-state index is 13.3. The summed E-state index contributed by atoms with van der Waals surface area (Å²) >= 11 is 3.15. The van der Waals surface area contributed by atoms with Gasteiger partial charge in [-0.25, -0.2) is 4.98 Å². The molecule has 0 spiro atoms. The number of thiazole rings is 1. The summed E-state index contributed by atoms with van der Waals surface area (Å²) in [4.78, 5) is 22.2. The molecule has 1 amide bonds. The van der Waals surface area contributed by atoms with E-state index in [0.29, 0.717) is 17.2 Å². The first-order valence-corrected chi connectivity index (χ1v) is 10.8. The van der Waals surface area contributed by atoms with Crippen molar-refractivity contribution in [3.05, 3.63) is 48.0 Å². The lowest BCUT2D eigenvalue weighted by molar-refractivity contribution is -0.856. The summed E-state index contributed by atoms with van der Waals surface area (Å²) < 4.78 is 6.44. The zero-order chi connectivity index (χ0) is 19.4. The maximum atomic E-state index is 13.3. The minimum Gasteiger partial charge on any atom is -0.494 e. The number of anilines is 1. The number of nitrogens with one attached hydrogen (secondary N) is 1. The molecule has 0 bridgehead atoms. The van der Waals surface area contributed by atoms with Gasteiger partial charge in [0.05, 0.1) is 39.0 Å². The molecule has 3 aromatic rings. The Balaban J connectivity index is 2.01. The lowest BCUT2D eigenvalue weighted by atomic mass is 10.2. The van der Waals surface area contributed by atoms with E-state index in [2.05, 4.69) is 14.1 Å². The number of benzene rings is 2. The van der Waals surface area contributed by atoms with Crippen molar-refractivity contribution in [3.8, 4) is 5.75 Å². The van der Waals surface area contributed by atoms with Gasteiger partial charge in [0, 0.05) is 10.5 Å². The third-order valence-corrected chi connectivity index (χ3v) is 5.99. The van der Waals surface area contributed by atoms with Gasteiger partial charge in [-0.1, -0.05) is 23.5 Å². The molecule has 0 fully saturated rings. The number of ether oxygens (including phenoxy) is 1. The molecule has 0 atom stereocenters. The number of para-hydroxylation sites is 1. The molecule has 0 aliphatic carbocycles. The van der Waals surface area contributed by atoms with Gasteiger partial charge in [-0.2, -0.15) is 0 Å². The lowest BCUT2D eigenvalue weighted by Gasteiger charge is -2.21. The molecule has 7 heteroatoms. The molecule has 0 radical (unpaired) electrons. The van der Waals surface area contributed by atoms with E-state index in [-0.39, 0.29) is 5.91 Å². The van der Waals surface area contributed by atoms with Crippen LogP contribution in [-0.4, -0.2) is 51.4 Å². The number of likely N-dealkylation sites (N-methyl/N-ethyl adjacent to an activating group) is 1. The lowest BCUT2D eigenvalue weighted by Crippen LogP contribution is -3.06. The van der Waals surface area contributed by atoms with Crippen LogP contribution in [0.3, 0.4) is 0 Å². The molecule has 142 valence electrons. The van der Waals surface area contributed by atoms with Gasteiger partial charge in [0.1, 0.15) is 11.3 Å². The number of carbonyl (C=O) groups is 1. The normalized spacial score (nSPS) is 11.1. The minimum atomic E-state index is -0.0230. The SMILES string of the molecule is COc1cccc2sc(N(CC[NH+](C)C)C(=O)c3cccc(SC)c3)nc12. The van der Waals surface area contributed by atoms with Crippen LogP contribution in [0.25, 0.3) is 10.2 Å². The second-order valence-electron chi connectivity index (χ2n) is 6.45. The fourth-order valence-corrected chi connectivity index (χ4v) is 4.19. The molecule has 1 heterocycles. The molecular weight excluding hydrogens is 378 g/mol. The highest BCUT2D eigenvalue weighted by atomic mass is 32.2. The number of hydrogen-bond donors (Lipinski definition) is 1. The van der Waals surface area contributed by atoms with Crippen LogP contribution in [0.1, 0.15) is 10.4 Å². The standard InChI is InChI=1S/C20H23N3O2S2/c1-22(2)11-12-23(19(24)14-7-5-8-15(13-14)26-4)20-21-18-16(25-3)9-6-10-17(18)27-20/h5-10,13H,11-12H2,1-4H3/p+1. The van der Waals surface area contributed by atoms with Crippen LogP contribution in [-0.2, 0) is 0 Å². The van der Waals surface area contributed by atoms with Crippen molar-refractivity contribution in [2.45, 2.75) is 4.90 Å². The van der Waals surface area contributed by atoms with Gasteiger partial charge in [-0.3, -0.25) is 9.69 Å². The number of quaternary nitrogens is 1. The summed E-state index contributed by atoms with van der Waals surface area (Å²) in [7, 11) is 5.80. The Labute approximate surface area is 168 Å². The van der Waals surface area contributed by atoms with Crippen molar-refractivity contribution >= 4 is 44.4 Å². The highest BCUT2D eigenvalue weighted by Crippen LogP contribution is 2.34. The Hall–Kier alpha value is -2.09. The summed E-state index contributed by atoms with van der Waals surface area (Å²) in [5.41, 5.74) is 1.48. The average Bonchev–Trinajstić information content (AvgIpc) is 3.11.